The highest BCUT2D eigenvalue weighted by Gasteiger charge is 2.28. The van der Waals surface area contributed by atoms with Crippen LogP contribution in [-0.2, 0) is 16.0 Å². The van der Waals surface area contributed by atoms with Crippen LogP contribution in [0.25, 0.3) is 16.6 Å². The molecule has 2 aromatic carbocycles. The lowest BCUT2D eigenvalue weighted by Gasteiger charge is -2.32. The van der Waals surface area contributed by atoms with Gasteiger partial charge in [0.05, 0.1) is 18.7 Å². The Balaban J connectivity index is 1.30. The molecule has 0 bridgehead atoms. The number of amides is 1. The lowest BCUT2D eigenvalue weighted by molar-refractivity contribution is -0.139. The second-order valence-electron chi connectivity index (χ2n) is 7.77. The number of aryl methyl sites for hydroxylation is 1. The minimum atomic E-state index is -0.269. The van der Waals surface area contributed by atoms with Crippen molar-refractivity contribution in [3.05, 3.63) is 90.3 Å². The third kappa shape index (κ3) is 4.20. The standard InChI is InChI=1S/C25H24N4O2/c30-24(14-11-19-7-3-1-4-8-19)28-15-16-31-23(18-28)25-22-13-12-21(17-29(22)27-26-25)20-9-5-2-6-10-20/h1-10,12-13,17,23H,11,14-16,18H2/t23-/m0/s1. The van der Waals surface area contributed by atoms with Crippen molar-refractivity contribution in [2.75, 3.05) is 19.7 Å². The number of carbonyl (C=O) groups is 1. The molecular formula is C25H24N4O2. The summed E-state index contributed by atoms with van der Waals surface area (Å²) in [6.07, 6.45) is 2.96. The molecule has 1 fully saturated rings. The van der Waals surface area contributed by atoms with Crippen LogP contribution in [0.15, 0.2) is 79.0 Å². The summed E-state index contributed by atoms with van der Waals surface area (Å²) in [6.45, 7) is 1.62. The van der Waals surface area contributed by atoms with E-state index in [-0.39, 0.29) is 12.0 Å². The Morgan fingerprint density at radius 2 is 1.74 bits per heavy atom. The fraction of sp³-hybridized carbons (Fsp3) is 0.240. The summed E-state index contributed by atoms with van der Waals surface area (Å²) < 4.78 is 7.77. The second-order valence-corrected chi connectivity index (χ2v) is 7.77. The molecule has 0 spiro atoms. The van der Waals surface area contributed by atoms with Crippen LogP contribution in [0.1, 0.15) is 23.8 Å². The lowest BCUT2D eigenvalue weighted by Crippen LogP contribution is -2.42. The monoisotopic (exact) mass is 412 g/mol. The maximum Gasteiger partial charge on any atom is 0.223 e. The zero-order chi connectivity index (χ0) is 21.0. The average Bonchev–Trinajstić information content (AvgIpc) is 3.27. The first-order valence-electron chi connectivity index (χ1n) is 10.6. The molecule has 1 aliphatic heterocycles. The minimum absolute atomic E-state index is 0.153. The Morgan fingerprint density at radius 1 is 0.968 bits per heavy atom. The van der Waals surface area contributed by atoms with E-state index in [0.29, 0.717) is 26.1 Å². The highest BCUT2D eigenvalue weighted by atomic mass is 16.5. The molecule has 156 valence electrons. The molecule has 0 radical (unpaired) electrons. The van der Waals surface area contributed by atoms with Gasteiger partial charge in [-0.2, -0.15) is 0 Å². The summed E-state index contributed by atoms with van der Waals surface area (Å²) in [7, 11) is 0. The normalized spacial score (nSPS) is 16.5. The summed E-state index contributed by atoms with van der Waals surface area (Å²) in [4.78, 5) is 14.7. The number of pyridine rings is 1. The third-order valence-electron chi connectivity index (χ3n) is 5.74. The molecule has 0 aliphatic carbocycles. The fourth-order valence-corrected chi connectivity index (χ4v) is 4.04. The Morgan fingerprint density at radius 3 is 2.55 bits per heavy atom. The van der Waals surface area contributed by atoms with Crippen molar-refractivity contribution in [2.45, 2.75) is 18.9 Å². The molecule has 31 heavy (non-hydrogen) atoms. The Kier molecular flexibility index (Phi) is 5.46. The summed E-state index contributed by atoms with van der Waals surface area (Å²) in [5, 5.41) is 8.70. The van der Waals surface area contributed by atoms with E-state index in [1.54, 1.807) is 4.52 Å². The van der Waals surface area contributed by atoms with E-state index < -0.39 is 0 Å². The summed E-state index contributed by atoms with van der Waals surface area (Å²) in [5.41, 5.74) is 5.07. The highest BCUT2D eigenvalue weighted by Crippen LogP contribution is 2.27. The van der Waals surface area contributed by atoms with Crippen LogP contribution >= 0.6 is 0 Å². The number of ether oxygens (including phenoxy) is 1. The first-order valence-corrected chi connectivity index (χ1v) is 10.6. The van der Waals surface area contributed by atoms with Crippen molar-refractivity contribution >= 4 is 11.4 Å². The zero-order valence-electron chi connectivity index (χ0n) is 17.2. The smallest absolute Gasteiger partial charge is 0.223 e. The van der Waals surface area contributed by atoms with Crippen LogP contribution in [0.5, 0.6) is 0 Å². The molecular weight excluding hydrogens is 388 g/mol. The number of hydrogen-bond acceptors (Lipinski definition) is 4. The van der Waals surface area contributed by atoms with Gasteiger partial charge in [0.25, 0.3) is 0 Å². The molecule has 4 aromatic rings. The zero-order valence-corrected chi connectivity index (χ0v) is 17.2. The van der Waals surface area contributed by atoms with Gasteiger partial charge in [-0.3, -0.25) is 4.79 Å². The Bertz CT molecular complexity index is 1170. The molecule has 1 amide bonds. The predicted molar refractivity (Wildman–Crippen MR) is 118 cm³/mol. The Hall–Kier alpha value is -3.51. The van der Waals surface area contributed by atoms with Crippen molar-refractivity contribution in [2.24, 2.45) is 0 Å². The van der Waals surface area contributed by atoms with E-state index in [0.717, 1.165) is 28.8 Å². The van der Waals surface area contributed by atoms with E-state index in [4.69, 9.17) is 4.74 Å². The van der Waals surface area contributed by atoms with E-state index in [2.05, 4.69) is 40.6 Å². The maximum absolute atomic E-state index is 12.8. The van der Waals surface area contributed by atoms with Gasteiger partial charge in [0.1, 0.15) is 11.8 Å². The number of hydrogen-bond donors (Lipinski definition) is 0. The van der Waals surface area contributed by atoms with Crippen molar-refractivity contribution in [1.82, 2.24) is 19.7 Å². The number of carbonyl (C=O) groups excluding carboxylic acids is 1. The van der Waals surface area contributed by atoms with Crippen molar-refractivity contribution in [3.8, 4) is 11.1 Å². The number of nitrogens with zero attached hydrogens (tertiary/aromatic N) is 4. The molecule has 0 unspecified atom stereocenters. The minimum Gasteiger partial charge on any atom is -0.368 e. The van der Waals surface area contributed by atoms with Gasteiger partial charge in [-0.05, 0) is 23.6 Å². The van der Waals surface area contributed by atoms with Crippen LogP contribution in [-0.4, -0.2) is 45.3 Å². The van der Waals surface area contributed by atoms with Gasteiger partial charge < -0.3 is 9.64 Å². The molecule has 5 rings (SSSR count). The Labute approximate surface area is 181 Å². The molecule has 0 N–H and O–H groups in total. The first-order chi connectivity index (χ1) is 15.3. The molecule has 2 aromatic heterocycles. The van der Waals surface area contributed by atoms with Gasteiger partial charge in [0.15, 0.2) is 0 Å². The molecule has 6 heteroatoms. The van der Waals surface area contributed by atoms with Crippen LogP contribution in [0.4, 0.5) is 0 Å². The SMILES string of the molecule is O=C(CCc1ccccc1)N1CCO[C@H](c2nnn3cc(-c4ccccc4)ccc23)C1. The maximum atomic E-state index is 12.8. The van der Waals surface area contributed by atoms with Crippen molar-refractivity contribution in [3.63, 3.8) is 0 Å². The number of benzene rings is 2. The van der Waals surface area contributed by atoms with Crippen molar-refractivity contribution in [1.29, 1.82) is 0 Å². The van der Waals surface area contributed by atoms with E-state index in [1.807, 2.05) is 53.6 Å². The average molecular weight is 412 g/mol. The van der Waals surface area contributed by atoms with E-state index in [9.17, 15) is 4.79 Å². The van der Waals surface area contributed by atoms with Crippen LogP contribution in [0.2, 0.25) is 0 Å². The topological polar surface area (TPSA) is 59.7 Å². The van der Waals surface area contributed by atoms with Gasteiger partial charge >= 0.3 is 0 Å². The fourth-order valence-electron chi connectivity index (χ4n) is 4.04. The molecule has 0 saturated carbocycles. The number of aromatic nitrogens is 3. The van der Waals surface area contributed by atoms with Crippen LogP contribution < -0.4 is 0 Å². The molecule has 6 nitrogen and oxygen atoms in total. The summed E-state index contributed by atoms with van der Waals surface area (Å²) in [5.74, 6) is 0.153. The molecule has 3 heterocycles. The van der Waals surface area contributed by atoms with Gasteiger partial charge in [0, 0.05) is 24.7 Å². The van der Waals surface area contributed by atoms with E-state index >= 15 is 0 Å². The van der Waals surface area contributed by atoms with Crippen LogP contribution in [0, 0.1) is 0 Å². The van der Waals surface area contributed by atoms with Gasteiger partial charge in [-0.25, -0.2) is 4.52 Å². The lowest BCUT2D eigenvalue weighted by atomic mass is 10.1. The molecule has 1 aliphatic rings. The van der Waals surface area contributed by atoms with E-state index in [1.165, 1.54) is 5.56 Å². The largest absolute Gasteiger partial charge is 0.368 e. The van der Waals surface area contributed by atoms with Gasteiger partial charge in [0.2, 0.25) is 5.91 Å². The molecule has 1 saturated heterocycles. The second kappa shape index (κ2) is 8.70. The third-order valence-corrected chi connectivity index (χ3v) is 5.74. The number of morpholine rings is 1. The number of fused-ring (bicyclic) bond motifs is 1. The van der Waals surface area contributed by atoms with Gasteiger partial charge in [-0.1, -0.05) is 71.9 Å². The van der Waals surface area contributed by atoms with Gasteiger partial charge in [-0.15, -0.1) is 5.10 Å². The number of rotatable bonds is 5. The summed E-state index contributed by atoms with van der Waals surface area (Å²) in [6, 6.07) is 24.4. The summed E-state index contributed by atoms with van der Waals surface area (Å²) >= 11 is 0. The molecule has 1 atom stereocenters. The van der Waals surface area contributed by atoms with Crippen molar-refractivity contribution < 1.29 is 9.53 Å². The quantitative estimate of drug-likeness (QED) is 0.498. The predicted octanol–water partition coefficient (Wildman–Crippen LogP) is 3.93. The highest BCUT2D eigenvalue weighted by molar-refractivity contribution is 5.76. The first kappa shape index (κ1) is 19.5. The van der Waals surface area contributed by atoms with Crippen LogP contribution in [0.3, 0.4) is 0 Å².